The van der Waals surface area contributed by atoms with Gasteiger partial charge in [0.05, 0.1) is 13.7 Å². The number of benzene rings is 2. The maximum atomic E-state index is 13.0. The van der Waals surface area contributed by atoms with Crippen molar-refractivity contribution in [3.63, 3.8) is 0 Å². The highest BCUT2D eigenvalue weighted by Crippen LogP contribution is 2.20. The highest BCUT2D eigenvalue weighted by Gasteiger charge is 2.16. The molecule has 0 fully saturated rings. The van der Waals surface area contributed by atoms with E-state index in [1.807, 2.05) is 31.2 Å². The van der Waals surface area contributed by atoms with E-state index in [0.717, 1.165) is 16.9 Å². The first-order chi connectivity index (χ1) is 16.0. The van der Waals surface area contributed by atoms with Gasteiger partial charge in [0.2, 0.25) is 23.5 Å². The van der Waals surface area contributed by atoms with Crippen molar-refractivity contribution in [2.45, 2.75) is 32.7 Å². The van der Waals surface area contributed by atoms with E-state index in [0.29, 0.717) is 31.1 Å². The lowest BCUT2D eigenvalue weighted by molar-refractivity contribution is -0.136. The predicted octanol–water partition coefficient (Wildman–Crippen LogP) is 3.37. The second kappa shape index (κ2) is 11.8. The second-order valence-electron chi connectivity index (χ2n) is 7.40. The number of ether oxygens (including phenoxy) is 1. The SMILES string of the molecule is CCN(CC(=O)NCc1ccc(F)cc1)C(=O)CCCc1nc(-c2ccc(OC)cc2)no1. The van der Waals surface area contributed by atoms with Gasteiger partial charge in [-0.3, -0.25) is 9.59 Å². The number of rotatable bonds is 11. The Morgan fingerprint density at radius 1 is 1.12 bits per heavy atom. The molecule has 1 aromatic heterocycles. The van der Waals surface area contributed by atoms with Crippen LogP contribution in [0.2, 0.25) is 0 Å². The van der Waals surface area contributed by atoms with Crippen LogP contribution in [0.4, 0.5) is 4.39 Å². The third kappa shape index (κ3) is 7.13. The van der Waals surface area contributed by atoms with Gasteiger partial charge in [-0.1, -0.05) is 17.3 Å². The number of hydrogen-bond acceptors (Lipinski definition) is 6. The van der Waals surface area contributed by atoms with E-state index in [-0.39, 0.29) is 37.1 Å². The van der Waals surface area contributed by atoms with Gasteiger partial charge in [-0.15, -0.1) is 0 Å². The van der Waals surface area contributed by atoms with Crippen LogP contribution in [0.3, 0.4) is 0 Å². The number of likely N-dealkylation sites (N-methyl/N-ethyl adjacent to an activating group) is 1. The zero-order chi connectivity index (χ0) is 23.6. The number of nitrogens with one attached hydrogen (secondary N) is 1. The Balaban J connectivity index is 1.42. The zero-order valence-electron chi connectivity index (χ0n) is 18.7. The van der Waals surface area contributed by atoms with Gasteiger partial charge in [-0.2, -0.15) is 4.98 Å². The van der Waals surface area contributed by atoms with Crippen molar-refractivity contribution in [3.8, 4) is 17.1 Å². The van der Waals surface area contributed by atoms with Crippen molar-refractivity contribution in [2.24, 2.45) is 0 Å². The number of nitrogens with zero attached hydrogens (tertiary/aromatic N) is 3. The average molecular weight is 455 g/mol. The van der Waals surface area contributed by atoms with Gasteiger partial charge >= 0.3 is 0 Å². The van der Waals surface area contributed by atoms with Crippen molar-refractivity contribution >= 4 is 11.8 Å². The van der Waals surface area contributed by atoms with E-state index in [4.69, 9.17) is 9.26 Å². The van der Waals surface area contributed by atoms with E-state index in [9.17, 15) is 14.0 Å². The summed E-state index contributed by atoms with van der Waals surface area (Å²) >= 11 is 0. The van der Waals surface area contributed by atoms with Gasteiger partial charge in [0.1, 0.15) is 11.6 Å². The molecule has 174 valence electrons. The summed E-state index contributed by atoms with van der Waals surface area (Å²) in [5.41, 5.74) is 1.60. The summed E-state index contributed by atoms with van der Waals surface area (Å²) in [5, 5.41) is 6.73. The summed E-state index contributed by atoms with van der Waals surface area (Å²) in [6.07, 6.45) is 1.25. The first-order valence-electron chi connectivity index (χ1n) is 10.7. The molecule has 9 heteroatoms. The van der Waals surface area contributed by atoms with Gasteiger partial charge in [0.15, 0.2) is 0 Å². The molecule has 2 amide bonds. The number of amides is 2. The highest BCUT2D eigenvalue weighted by molar-refractivity contribution is 5.84. The van der Waals surface area contributed by atoms with Crippen molar-refractivity contribution in [3.05, 3.63) is 65.8 Å². The summed E-state index contributed by atoms with van der Waals surface area (Å²) in [5.74, 6) is 0.955. The van der Waals surface area contributed by atoms with Crippen LogP contribution in [0.1, 0.15) is 31.2 Å². The molecule has 0 atom stereocenters. The van der Waals surface area contributed by atoms with Crippen LogP contribution in [0.5, 0.6) is 5.75 Å². The zero-order valence-corrected chi connectivity index (χ0v) is 18.7. The topological polar surface area (TPSA) is 97.6 Å². The number of aromatic nitrogens is 2. The molecule has 0 aliphatic rings. The minimum Gasteiger partial charge on any atom is -0.497 e. The molecule has 0 radical (unpaired) electrons. The Morgan fingerprint density at radius 2 is 1.85 bits per heavy atom. The normalized spacial score (nSPS) is 10.6. The Labute approximate surface area is 191 Å². The largest absolute Gasteiger partial charge is 0.497 e. The average Bonchev–Trinajstić information content (AvgIpc) is 3.31. The minimum absolute atomic E-state index is 0.0291. The first-order valence-corrected chi connectivity index (χ1v) is 10.7. The van der Waals surface area contributed by atoms with Gasteiger partial charge in [-0.05, 0) is 55.3 Å². The maximum absolute atomic E-state index is 13.0. The molecule has 3 rings (SSSR count). The molecule has 33 heavy (non-hydrogen) atoms. The number of hydrogen-bond donors (Lipinski definition) is 1. The Kier molecular flexibility index (Phi) is 8.51. The Morgan fingerprint density at radius 3 is 2.52 bits per heavy atom. The maximum Gasteiger partial charge on any atom is 0.239 e. The molecule has 3 aromatic rings. The summed E-state index contributed by atoms with van der Waals surface area (Å²) in [6.45, 7) is 2.49. The smallest absolute Gasteiger partial charge is 0.239 e. The van der Waals surface area contributed by atoms with E-state index in [2.05, 4.69) is 15.5 Å². The van der Waals surface area contributed by atoms with Crippen molar-refractivity contribution in [2.75, 3.05) is 20.2 Å². The molecule has 1 heterocycles. The quantitative estimate of drug-likeness (QED) is 0.477. The molecule has 2 aromatic carbocycles. The molecule has 0 saturated heterocycles. The third-order valence-electron chi connectivity index (χ3n) is 5.07. The molecule has 1 N–H and O–H groups in total. The standard InChI is InChI=1S/C24H27FN4O4/c1-3-29(16-21(30)26-15-17-7-11-19(25)12-8-17)23(31)6-4-5-22-27-24(28-33-22)18-9-13-20(32-2)14-10-18/h7-14H,3-6,15-16H2,1-2H3,(H,26,30). The van der Waals surface area contributed by atoms with Crippen molar-refractivity contribution < 1.29 is 23.2 Å². The van der Waals surface area contributed by atoms with Crippen LogP contribution < -0.4 is 10.1 Å². The number of aryl methyl sites for hydroxylation is 1. The Bertz CT molecular complexity index is 1050. The monoisotopic (exact) mass is 454 g/mol. The fourth-order valence-corrected chi connectivity index (χ4v) is 3.17. The molecule has 0 aliphatic carbocycles. The van der Waals surface area contributed by atoms with E-state index in [1.54, 1.807) is 19.2 Å². The van der Waals surface area contributed by atoms with Crippen LogP contribution in [-0.2, 0) is 22.6 Å². The number of carbonyl (C=O) groups excluding carboxylic acids is 2. The van der Waals surface area contributed by atoms with Crippen LogP contribution >= 0.6 is 0 Å². The number of carbonyl (C=O) groups is 2. The lowest BCUT2D eigenvalue weighted by Gasteiger charge is -2.20. The molecule has 0 aliphatic heterocycles. The van der Waals surface area contributed by atoms with Gasteiger partial charge in [0.25, 0.3) is 0 Å². The Hall–Kier alpha value is -3.75. The van der Waals surface area contributed by atoms with E-state index in [1.165, 1.54) is 17.0 Å². The third-order valence-corrected chi connectivity index (χ3v) is 5.07. The van der Waals surface area contributed by atoms with Crippen LogP contribution in [0.25, 0.3) is 11.4 Å². The first kappa shape index (κ1) is 23.9. The minimum atomic E-state index is -0.328. The van der Waals surface area contributed by atoms with Crippen LogP contribution in [0, 0.1) is 5.82 Å². The van der Waals surface area contributed by atoms with Gasteiger partial charge in [0, 0.05) is 31.5 Å². The highest BCUT2D eigenvalue weighted by atomic mass is 19.1. The summed E-state index contributed by atoms with van der Waals surface area (Å²) in [6, 6.07) is 13.2. The fraction of sp³-hybridized carbons (Fsp3) is 0.333. The number of halogens is 1. The molecular weight excluding hydrogens is 427 g/mol. The lowest BCUT2D eigenvalue weighted by Crippen LogP contribution is -2.40. The molecule has 0 bridgehead atoms. The molecule has 8 nitrogen and oxygen atoms in total. The molecule has 0 spiro atoms. The molecule has 0 saturated carbocycles. The van der Waals surface area contributed by atoms with Crippen molar-refractivity contribution in [1.29, 1.82) is 0 Å². The summed E-state index contributed by atoms with van der Waals surface area (Å²) < 4.78 is 23.4. The van der Waals surface area contributed by atoms with Gasteiger partial charge < -0.3 is 19.5 Å². The fourth-order valence-electron chi connectivity index (χ4n) is 3.17. The summed E-state index contributed by atoms with van der Waals surface area (Å²) in [7, 11) is 1.60. The van der Waals surface area contributed by atoms with E-state index < -0.39 is 0 Å². The molecule has 0 unspecified atom stereocenters. The van der Waals surface area contributed by atoms with E-state index >= 15 is 0 Å². The molecular formula is C24H27FN4O4. The lowest BCUT2D eigenvalue weighted by atomic mass is 10.2. The predicted molar refractivity (Wildman–Crippen MR) is 120 cm³/mol. The number of methoxy groups -OCH3 is 1. The van der Waals surface area contributed by atoms with Crippen LogP contribution in [-0.4, -0.2) is 47.1 Å². The van der Waals surface area contributed by atoms with Crippen LogP contribution in [0.15, 0.2) is 53.1 Å². The second-order valence-corrected chi connectivity index (χ2v) is 7.40. The van der Waals surface area contributed by atoms with Gasteiger partial charge in [-0.25, -0.2) is 4.39 Å². The van der Waals surface area contributed by atoms with Crippen molar-refractivity contribution in [1.82, 2.24) is 20.4 Å². The summed E-state index contributed by atoms with van der Waals surface area (Å²) in [4.78, 5) is 30.6.